The van der Waals surface area contributed by atoms with Crippen molar-refractivity contribution in [1.29, 1.82) is 0 Å². The smallest absolute Gasteiger partial charge is 0.119 e. The van der Waals surface area contributed by atoms with Crippen LogP contribution in [0.4, 0.5) is 0 Å². The minimum Gasteiger partial charge on any atom is -0.395 e. The van der Waals surface area contributed by atoms with Gasteiger partial charge in [0.25, 0.3) is 0 Å². The second-order valence-corrected chi connectivity index (χ2v) is 3.92. The Morgan fingerprint density at radius 1 is 1.19 bits per heavy atom. The molecule has 0 unspecified atom stereocenters. The highest BCUT2D eigenvalue weighted by Crippen LogP contribution is 1.96. The third kappa shape index (κ3) is 10.1. The van der Waals surface area contributed by atoms with Crippen LogP contribution < -0.4 is 5.32 Å². The van der Waals surface area contributed by atoms with E-state index >= 15 is 0 Å². The van der Waals surface area contributed by atoms with Gasteiger partial charge in [-0.1, -0.05) is 13.3 Å². The average molecular weight is 230 g/mol. The molecule has 0 aromatic carbocycles. The van der Waals surface area contributed by atoms with E-state index in [2.05, 4.69) is 17.1 Å². The molecule has 0 radical (unpaired) electrons. The van der Waals surface area contributed by atoms with E-state index < -0.39 is 0 Å². The number of nitrogens with one attached hydrogen (secondary N) is 1. The number of aliphatic hydroxyl groups is 1. The van der Waals surface area contributed by atoms with E-state index in [1.165, 1.54) is 0 Å². The number of aliphatic hydroxyl groups excluding tert-OH is 1. The van der Waals surface area contributed by atoms with Crippen LogP contribution in [0, 0.1) is 0 Å². The first kappa shape index (κ1) is 15.6. The molecule has 96 valence electrons. The Hall–Kier alpha value is -0.450. The zero-order valence-corrected chi connectivity index (χ0v) is 10.5. The predicted molar refractivity (Wildman–Crippen MR) is 66.6 cm³/mol. The molecule has 0 fully saturated rings. The first-order chi connectivity index (χ1) is 7.85. The van der Waals surface area contributed by atoms with Crippen LogP contribution in [0.1, 0.15) is 32.6 Å². The minimum atomic E-state index is 0.236. The fourth-order valence-corrected chi connectivity index (χ4v) is 1.59. The number of unbranched alkanes of at least 4 members (excludes halogenated alkanes) is 3. The van der Waals surface area contributed by atoms with Crippen LogP contribution in [0.15, 0.2) is 0 Å². The fourth-order valence-electron chi connectivity index (χ4n) is 1.59. The SMILES string of the molecule is CCN(CCO)CCNCCCCCC=O. The van der Waals surface area contributed by atoms with Gasteiger partial charge in [-0.15, -0.1) is 0 Å². The van der Waals surface area contributed by atoms with Crippen LogP contribution in [0.25, 0.3) is 0 Å². The number of rotatable bonds is 12. The molecule has 0 spiro atoms. The summed E-state index contributed by atoms with van der Waals surface area (Å²) in [6.45, 7) is 7.08. The van der Waals surface area contributed by atoms with Crippen LogP contribution >= 0.6 is 0 Å². The lowest BCUT2D eigenvalue weighted by Crippen LogP contribution is -2.34. The molecule has 0 saturated carbocycles. The van der Waals surface area contributed by atoms with E-state index in [0.717, 1.165) is 58.3 Å². The number of hydrogen-bond donors (Lipinski definition) is 2. The quantitative estimate of drug-likeness (QED) is 0.382. The third-order valence-corrected chi connectivity index (χ3v) is 2.64. The number of aldehydes is 1. The van der Waals surface area contributed by atoms with E-state index in [1.54, 1.807) is 0 Å². The predicted octanol–water partition coefficient (Wildman–Crippen LogP) is 0.649. The standard InChI is InChI=1S/C12H26N2O2/c1-2-14(10-12-16)9-8-13-7-5-3-4-6-11-15/h11,13,16H,2-10,12H2,1H3. The van der Waals surface area contributed by atoms with Crippen molar-refractivity contribution in [1.82, 2.24) is 10.2 Å². The van der Waals surface area contributed by atoms with Crippen molar-refractivity contribution in [3.05, 3.63) is 0 Å². The summed E-state index contributed by atoms with van der Waals surface area (Å²) in [5.41, 5.74) is 0. The van der Waals surface area contributed by atoms with Crippen LogP contribution in [0.2, 0.25) is 0 Å². The Labute approximate surface area is 99.0 Å². The summed E-state index contributed by atoms with van der Waals surface area (Å²) in [4.78, 5) is 12.3. The lowest BCUT2D eigenvalue weighted by Gasteiger charge is -2.19. The number of likely N-dealkylation sites (N-methyl/N-ethyl adjacent to an activating group) is 1. The van der Waals surface area contributed by atoms with Crippen molar-refractivity contribution in [2.75, 3.05) is 39.3 Å². The van der Waals surface area contributed by atoms with E-state index in [4.69, 9.17) is 5.11 Å². The van der Waals surface area contributed by atoms with Crippen molar-refractivity contribution >= 4 is 6.29 Å². The summed E-state index contributed by atoms with van der Waals surface area (Å²) in [6, 6.07) is 0. The summed E-state index contributed by atoms with van der Waals surface area (Å²) < 4.78 is 0. The van der Waals surface area contributed by atoms with Crippen molar-refractivity contribution in [3.8, 4) is 0 Å². The van der Waals surface area contributed by atoms with Gasteiger partial charge in [-0.05, 0) is 25.9 Å². The van der Waals surface area contributed by atoms with Crippen LogP contribution in [-0.2, 0) is 4.79 Å². The molecular formula is C12H26N2O2. The van der Waals surface area contributed by atoms with E-state index in [9.17, 15) is 4.79 Å². The molecule has 0 bridgehead atoms. The maximum atomic E-state index is 10.1. The number of carbonyl (C=O) groups is 1. The zero-order chi connectivity index (χ0) is 12.1. The summed E-state index contributed by atoms with van der Waals surface area (Å²) in [5, 5.41) is 12.2. The molecule has 0 aromatic heterocycles. The monoisotopic (exact) mass is 230 g/mol. The molecule has 2 N–H and O–H groups in total. The summed E-state index contributed by atoms with van der Waals surface area (Å²) in [7, 11) is 0. The normalized spacial score (nSPS) is 10.9. The Kier molecular flexibility index (Phi) is 12.3. The molecule has 0 heterocycles. The number of carbonyl (C=O) groups excluding carboxylic acids is 1. The van der Waals surface area contributed by atoms with E-state index in [-0.39, 0.29) is 6.61 Å². The highest BCUT2D eigenvalue weighted by Gasteiger charge is 1.99. The highest BCUT2D eigenvalue weighted by molar-refractivity contribution is 5.48. The molecule has 0 atom stereocenters. The van der Waals surface area contributed by atoms with Gasteiger partial charge in [-0.3, -0.25) is 0 Å². The van der Waals surface area contributed by atoms with Crippen molar-refractivity contribution < 1.29 is 9.90 Å². The number of hydrogen-bond acceptors (Lipinski definition) is 4. The molecule has 0 rings (SSSR count). The van der Waals surface area contributed by atoms with Gasteiger partial charge in [0.1, 0.15) is 6.29 Å². The largest absolute Gasteiger partial charge is 0.395 e. The topological polar surface area (TPSA) is 52.6 Å². The second-order valence-electron chi connectivity index (χ2n) is 3.92. The second kappa shape index (κ2) is 12.6. The molecule has 0 aliphatic carbocycles. The van der Waals surface area contributed by atoms with Gasteiger partial charge in [-0.25, -0.2) is 0 Å². The van der Waals surface area contributed by atoms with E-state index in [1.807, 2.05) is 0 Å². The molecule has 4 heteroatoms. The van der Waals surface area contributed by atoms with Crippen LogP contribution in [0.3, 0.4) is 0 Å². The average Bonchev–Trinajstić information content (AvgIpc) is 2.31. The van der Waals surface area contributed by atoms with Crippen molar-refractivity contribution in [2.24, 2.45) is 0 Å². The molecule has 16 heavy (non-hydrogen) atoms. The third-order valence-electron chi connectivity index (χ3n) is 2.64. The molecule has 0 saturated heterocycles. The highest BCUT2D eigenvalue weighted by atomic mass is 16.3. The molecular weight excluding hydrogens is 204 g/mol. The molecule has 0 amide bonds. The summed E-state index contributed by atoms with van der Waals surface area (Å²) >= 11 is 0. The maximum Gasteiger partial charge on any atom is 0.119 e. The Bertz CT molecular complexity index is 154. The van der Waals surface area contributed by atoms with Gasteiger partial charge in [0.2, 0.25) is 0 Å². The van der Waals surface area contributed by atoms with Gasteiger partial charge in [0.15, 0.2) is 0 Å². The molecule has 0 aliphatic rings. The Morgan fingerprint density at radius 3 is 2.62 bits per heavy atom. The van der Waals surface area contributed by atoms with Crippen LogP contribution in [-0.4, -0.2) is 55.6 Å². The Balaban J connectivity index is 3.15. The van der Waals surface area contributed by atoms with Gasteiger partial charge in [0, 0.05) is 26.1 Å². The fraction of sp³-hybridized carbons (Fsp3) is 0.917. The van der Waals surface area contributed by atoms with E-state index in [0.29, 0.717) is 6.42 Å². The maximum absolute atomic E-state index is 10.1. The van der Waals surface area contributed by atoms with Crippen LogP contribution in [0.5, 0.6) is 0 Å². The van der Waals surface area contributed by atoms with Gasteiger partial charge in [0.05, 0.1) is 6.61 Å². The molecule has 0 aliphatic heterocycles. The molecule has 4 nitrogen and oxygen atoms in total. The number of nitrogens with zero attached hydrogens (tertiary/aromatic N) is 1. The van der Waals surface area contributed by atoms with Gasteiger partial charge in [-0.2, -0.15) is 0 Å². The van der Waals surface area contributed by atoms with Gasteiger partial charge < -0.3 is 20.1 Å². The minimum absolute atomic E-state index is 0.236. The Morgan fingerprint density at radius 2 is 2.00 bits per heavy atom. The molecule has 0 aromatic rings. The summed E-state index contributed by atoms with van der Waals surface area (Å²) in [5.74, 6) is 0. The first-order valence-electron chi connectivity index (χ1n) is 6.32. The summed E-state index contributed by atoms with van der Waals surface area (Å²) in [6.07, 6.45) is 4.96. The van der Waals surface area contributed by atoms with Crippen molar-refractivity contribution in [3.63, 3.8) is 0 Å². The lowest BCUT2D eigenvalue weighted by atomic mass is 10.2. The van der Waals surface area contributed by atoms with Crippen molar-refractivity contribution in [2.45, 2.75) is 32.6 Å². The van der Waals surface area contributed by atoms with Gasteiger partial charge >= 0.3 is 0 Å². The first-order valence-corrected chi connectivity index (χ1v) is 6.32. The lowest BCUT2D eigenvalue weighted by molar-refractivity contribution is -0.107. The zero-order valence-electron chi connectivity index (χ0n) is 10.5.